The fourth-order valence-corrected chi connectivity index (χ4v) is 1.67. The second kappa shape index (κ2) is 6.76. The maximum absolute atomic E-state index is 12.3. The highest BCUT2D eigenvalue weighted by Gasteiger charge is 2.25. The van der Waals surface area contributed by atoms with Crippen LogP contribution in [0.3, 0.4) is 0 Å². The Hall–Kier alpha value is -2.28. The van der Waals surface area contributed by atoms with Gasteiger partial charge in [0.15, 0.2) is 0 Å². The van der Waals surface area contributed by atoms with Crippen molar-refractivity contribution in [2.75, 3.05) is 6.61 Å². The first kappa shape index (κ1) is 15.8. The number of terminal acetylenes is 1. The second-order valence-corrected chi connectivity index (χ2v) is 5.45. The number of carbonyl (C=O) groups is 2. The van der Waals surface area contributed by atoms with Crippen LogP contribution in [0, 0.1) is 12.3 Å². The fraction of sp³-hybridized carbons (Fsp3) is 0.375. The van der Waals surface area contributed by atoms with Crippen molar-refractivity contribution in [1.82, 2.24) is 5.32 Å². The quantitative estimate of drug-likeness (QED) is 0.517. The summed E-state index contributed by atoms with van der Waals surface area (Å²) in [7, 11) is 0. The molecule has 0 spiro atoms. The van der Waals surface area contributed by atoms with Crippen molar-refractivity contribution in [1.29, 1.82) is 0 Å². The normalized spacial score (nSPS) is 12.1. The Kier molecular flexibility index (Phi) is 5.33. The molecule has 1 unspecified atom stereocenters. The summed E-state index contributed by atoms with van der Waals surface area (Å²) in [6, 6.07) is 9.15. The third kappa shape index (κ3) is 5.15. The van der Waals surface area contributed by atoms with Crippen LogP contribution in [0.15, 0.2) is 30.3 Å². The zero-order valence-electron chi connectivity index (χ0n) is 12.0. The molecular weight excluding hydrogens is 254 g/mol. The van der Waals surface area contributed by atoms with E-state index in [2.05, 4.69) is 5.32 Å². The summed E-state index contributed by atoms with van der Waals surface area (Å²) in [5.74, 6) is 0.320. The smallest absolute Gasteiger partial charge is 0.384 e. The molecule has 0 bridgehead atoms. The molecule has 0 aliphatic rings. The molecule has 20 heavy (non-hydrogen) atoms. The number of nitrogens with one attached hydrogen (secondary N) is 1. The molecule has 0 aliphatic carbocycles. The maximum Gasteiger partial charge on any atom is 0.384 e. The van der Waals surface area contributed by atoms with E-state index in [0.29, 0.717) is 0 Å². The van der Waals surface area contributed by atoms with Crippen LogP contribution in [0.5, 0.6) is 0 Å². The van der Waals surface area contributed by atoms with Gasteiger partial charge in [-0.25, -0.2) is 4.79 Å². The number of ether oxygens (including phenoxy) is 1. The van der Waals surface area contributed by atoms with Gasteiger partial charge in [-0.05, 0) is 26.3 Å². The Labute approximate surface area is 119 Å². The van der Waals surface area contributed by atoms with Gasteiger partial charge in [0, 0.05) is 11.5 Å². The number of benzene rings is 1. The van der Waals surface area contributed by atoms with Gasteiger partial charge in [-0.2, -0.15) is 0 Å². The van der Waals surface area contributed by atoms with Crippen molar-refractivity contribution in [3.8, 4) is 12.3 Å². The predicted molar refractivity (Wildman–Crippen MR) is 76.9 cm³/mol. The van der Waals surface area contributed by atoms with E-state index in [1.165, 1.54) is 0 Å². The molecule has 1 amide bonds. The van der Waals surface area contributed by atoms with Crippen LogP contribution in [-0.2, 0) is 14.3 Å². The van der Waals surface area contributed by atoms with Crippen LogP contribution < -0.4 is 5.32 Å². The molecule has 1 aromatic carbocycles. The number of hydrogen-bond donors (Lipinski definition) is 1. The minimum Gasteiger partial charge on any atom is -0.455 e. The monoisotopic (exact) mass is 273 g/mol. The van der Waals surface area contributed by atoms with Crippen LogP contribution in [0.25, 0.3) is 0 Å². The summed E-state index contributed by atoms with van der Waals surface area (Å²) in [6.07, 6.45) is 4.95. The molecule has 4 heteroatoms. The van der Waals surface area contributed by atoms with Crippen molar-refractivity contribution in [2.24, 2.45) is 0 Å². The number of hydrogen-bond acceptors (Lipinski definition) is 3. The summed E-state index contributed by atoms with van der Waals surface area (Å²) in [5, 5.41) is 2.88. The lowest BCUT2D eigenvalue weighted by atomic mass is 9.97. The highest BCUT2D eigenvalue weighted by molar-refractivity contribution is 5.88. The van der Waals surface area contributed by atoms with E-state index in [9.17, 15) is 9.59 Å². The van der Waals surface area contributed by atoms with Crippen LogP contribution in [0.4, 0.5) is 0 Å². The van der Waals surface area contributed by atoms with Crippen LogP contribution in [0.2, 0.25) is 0 Å². The molecule has 0 saturated heterocycles. The van der Waals surface area contributed by atoms with Crippen LogP contribution >= 0.6 is 0 Å². The second-order valence-electron chi connectivity index (χ2n) is 5.45. The SMILES string of the molecule is C#CC(=O)OCC(C(=O)NC(C)(C)C)c1ccccc1. The molecule has 0 aromatic heterocycles. The minimum atomic E-state index is -0.769. The molecule has 0 saturated carbocycles. The van der Waals surface area contributed by atoms with Gasteiger partial charge in [-0.1, -0.05) is 30.3 Å². The molecule has 0 fully saturated rings. The largest absolute Gasteiger partial charge is 0.455 e. The Morgan fingerprint density at radius 3 is 2.40 bits per heavy atom. The summed E-state index contributed by atoms with van der Waals surface area (Å²) >= 11 is 0. The predicted octanol–water partition coefficient (Wildman–Crippen LogP) is 1.86. The van der Waals surface area contributed by atoms with Crippen molar-refractivity contribution < 1.29 is 14.3 Å². The zero-order chi connectivity index (χ0) is 15.2. The molecular formula is C16H19NO3. The third-order valence-corrected chi connectivity index (χ3v) is 2.52. The molecule has 1 rings (SSSR count). The molecule has 0 aliphatic heterocycles. The zero-order valence-corrected chi connectivity index (χ0v) is 12.0. The minimum absolute atomic E-state index is 0.0744. The first-order valence-electron chi connectivity index (χ1n) is 6.34. The van der Waals surface area contributed by atoms with Gasteiger partial charge in [0.1, 0.15) is 6.61 Å². The van der Waals surface area contributed by atoms with E-state index in [-0.39, 0.29) is 18.1 Å². The van der Waals surface area contributed by atoms with Gasteiger partial charge >= 0.3 is 5.97 Å². The molecule has 1 aromatic rings. The Bertz CT molecular complexity index is 509. The molecule has 1 N–H and O–H groups in total. The molecule has 0 heterocycles. The standard InChI is InChI=1S/C16H19NO3/c1-5-14(18)20-11-13(12-9-7-6-8-10-12)15(19)17-16(2,3)4/h1,6-10,13H,11H2,2-4H3,(H,17,19). The van der Waals surface area contributed by atoms with Gasteiger partial charge in [0.2, 0.25) is 5.91 Å². The van der Waals surface area contributed by atoms with Crippen molar-refractivity contribution in [2.45, 2.75) is 32.2 Å². The first-order chi connectivity index (χ1) is 9.33. The Morgan fingerprint density at radius 2 is 1.90 bits per heavy atom. The highest BCUT2D eigenvalue weighted by Crippen LogP contribution is 2.17. The first-order valence-corrected chi connectivity index (χ1v) is 6.34. The summed E-state index contributed by atoms with van der Waals surface area (Å²) in [5.41, 5.74) is 0.416. The highest BCUT2D eigenvalue weighted by atomic mass is 16.5. The van der Waals surface area contributed by atoms with E-state index in [0.717, 1.165) is 5.56 Å². The molecule has 1 atom stereocenters. The lowest BCUT2D eigenvalue weighted by Gasteiger charge is -2.24. The Morgan fingerprint density at radius 1 is 1.30 bits per heavy atom. The fourth-order valence-electron chi connectivity index (χ4n) is 1.67. The van der Waals surface area contributed by atoms with Gasteiger partial charge in [-0.15, -0.1) is 6.42 Å². The lowest BCUT2D eigenvalue weighted by molar-refractivity contribution is -0.138. The topological polar surface area (TPSA) is 55.4 Å². The number of carbonyl (C=O) groups excluding carboxylic acids is 2. The van der Waals surface area contributed by atoms with Crippen molar-refractivity contribution in [3.63, 3.8) is 0 Å². The van der Waals surface area contributed by atoms with Crippen molar-refractivity contribution in [3.05, 3.63) is 35.9 Å². The summed E-state index contributed by atoms with van der Waals surface area (Å²) in [6.45, 7) is 5.59. The maximum atomic E-state index is 12.3. The summed E-state index contributed by atoms with van der Waals surface area (Å²) in [4.78, 5) is 23.4. The van der Waals surface area contributed by atoms with E-state index < -0.39 is 11.9 Å². The van der Waals surface area contributed by atoms with Crippen LogP contribution in [0.1, 0.15) is 32.3 Å². The van der Waals surface area contributed by atoms with Gasteiger partial charge in [0.05, 0.1) is 5.92 Å². The average Bonchev–Trinajstić information content (AvgIpc) is 2.37. The summed E-state index contributed by atoms with van der Waals surface area (Å²) < 4.78 is 4.91. The van der Waals surface area contributed by atoms with E-state index >= 15 is 0 Å². The van der Waals surface area contributed by atoms with Gasteiger partial charge in [-0.3, -0.25) is 4.79 Å². The number of rotatable bonds is 4. The lowest BCUT2D eigenvalue weighted by Crippen LogP contribution is -2.44. The average molecular weight is 273 g/mol. The molecule has 0 radical (unpaired) electrons. The van der Waals surface area contributed by atoms with E-state index in [4.69, 9.17) is 11.2 Å². The number of amides is 1. The number of esters is 1. The van der Waals surface area contributed by atoms with E-state index in [1.54, 1.807) is 0 Å². The molecule has 106 valence electrons. The van der Waals surface area contributed by atoms with E-state index in [1.807, 2.05) is 57.0 Å². The third-order valence-electron chi connectivity index (χ3n) is 2.52. The van der Waals surface area contributed by atoms with Gasteiger partial charge < -0.3 is 10.1 Å². The van der Waals surface area contributed by atoms with Crippen molar-refractivity contribution >= 4 is 11.9 Å². The van der Waals surface area contributed by atoms with Crippen LogP contribution in [-0.4, -0.2) is 24.0 Å². The van der Waals surface area contributed by atoms with Gasteiger partial charge in [0.25, 0.3) is 0 Å². The molecule has 4 nitrogen and oxygen atoms in total. The Balaban J connectivity index is 2.88.